The topological polar surface area (TPSA) is 63.3 Å². The minimum absolute atomic E-state index is 0.169. The van der Waals surface area contributed by atoms with Gasteiger partial charge in [0.25, 0.3) is 0 Å². The van der Waals surface area contributed by atoms with Crippen LogP contribution in [0.1, 0.15) is 10.4 Å². The van der Waals surface area contributed by atoms with E-state index in [0.717, 1.165) is 0 Å². The fourth-order valence-corrected chi connectivity index (χ4v) is 1.79. The molecule has 0 aromatic heterocycles. The maximum absolute atomic E-state index is 13.2. The molecule has 18 heavy (non-hydrogen) atoms. The minimum Gasteiger partial charge on any atom is -0.505 e. The van der Waals surface area contributed by atoms with Crippen molar-refractivity contribution in [3.63, 3.8) is 0 Å². The zero-order valence-electron chi connectivity index (χ0n) is 9.15. The van der Waals surface area contributed by atoms with Crippen molar-refractivity contribution in [2.45, 2.75) is 0 Å². The Bertz CT molecular complexity index is 628. The average molecular weight is 266 g/mol. The van der Waals surface area contributed by atoms with Crippen LogP contribution in [-0.4, -0.2) is 11.0 Å². The molecule has 1 amide bonds. The van der Waals surface area contributed by atoms with Gasteiger partial charge in [-0.05, 0) is 35.4 Å². The summed E-state index contributed by atoms with van der Waals surface area (Å²) in [5.41, 5.74) is 6.46. The highest BCUT2D eigenvalue weighted by Crippen LogP contribution is 2.27. The van der Waals surface area contributed by atoms with E-state index in [2.05, 4.69) is 0 Å². The van der Waals surface area contributed by atoms with Gasteiger partial charge in [0, 0.05) is 0 Å². The van der Waals surface area contributed by atoms with Crippen LogP contribution < -0.4 is 5.73 Å². The number of hydrogen-bond acceptors (Lipinski definition) is 2. The summed E-state index contributed by atoms with van der Waals surface area (Å²) >= 11 is 5.82. The number of carbonyl (C=O) groups excluding carboxylic acids is 1. The number of amides is 1. The van der Waals surface area contributed by atoms with Gasteiger partial charge in [0.2, 0.25) is 5.91 Å². The van der Waals surface area contributed by atoms with Gasteiger partial charge in [-0.1, -0.05) is 23.7 Å². The van der Waals surface area contributed by atoms with Crippen LogP contribution in [0.25, 0.3) is 11.1 Å². The molecule has 0 heterocycles. The highest BCUT2D eigenvalue weighted by molar-refractivity contribution is 6.33. The largest absolute Gasteiger partial charge is 0.505 e. The highest BCUT2D eigenvalue weighted by Gasteiger charge is 2.10. The third-order valence-electron chi connectivity index (χ3n) is 2.51. The standard InChI is InChI=1S/C13H9ClFNO2/c14-10-3-1-7(5-9(10)13(16)18)8-2-4-12(17)11(15)6-8/h1-6,17H,(H2,16,18). The Hall–Kier alpha value is -2.07. The molecule has 2 aromatic rings. The van der Waals surface area contributed by atoms with Gasteiger partial charge in [0.05, 0.1) is 10.6 Å². The average Bonchev–Trinajstić information content (AvgIpc) is 2.33. The third kappa shape index (κ3) is 2.28. The monoisotopic (exact) mass is 265 g/mol. The number of halogens is 2. The van der Waals surface area contributed by atoms with E-state index in [1.54, 1.807) is 6.07 Å². The van der Waals surface area contributed by atoms with Crippen LogP contribution in [0.5, 0.6) is 5.75 Å². The lowest BCUT2D eigenvalue weighted by atomic mass is 10.0. The predicted octanol–water partition coefficient (Wildman–Crippen LogP) is 2.95. The van der Waals surface area contributed by atoms with Gasteiger partial charge in [0.1, 0.15) is 0 Å². The first-order valence-electron chi connectivity index (χ1n) is 5.07. The molecular formula is C13H9ClFNO2. The van der Waals surface area contributed by atoms with Crippen LogP contribution in [0, 0.1) is 5.82 Å². The first-order chi connectivity index (χ1) is 8.49. The number of primary amides is 1. The molecule has 3 N–H and O–H groups in total. The number of rotatable bonds is 2. The van der Waals surface area contributed by atoms with E-state index in [0.29, 0.717) is 11.1 Å². The smallest absolute Gasteiger partial charge is 0.250 e. The number of hydrogen-bond donors (Lipinski definition) is 2. The first-order valence-corrected chi connectivity index (χ1v) is 5.45. The molecule has 0 saturated carbocycles. The van der Waals surface area contributed by atoms with Crippen molar-refractivity contribution >= 4 is 17.5 Å². The van der Waals surface area contributed by atoms with Crippen LogP contribution >= 0.6 is 11.6 Å². The van der Waals surface area contributed by atoms with E-state index in [-0.39, 0.29) is 10.6 Å². The van der Waals surface area contributed by atoms with Crippen molar-refractivity contribution in [1.29, 1.82) is 0 Å². The number of aromatic hydroxyl groups is 1. The molecule has 0 fully saturated rings. The Labute approximate surface area is 108 Å². The summed E-state index contributed by atoms with van der Waals surface area (Å²) in [5, 5.41) is 9.35. The predicted molar refractivity (Wildman–Crippen MR) is 67.0 cm³/mol. The zero-order valence-corrected chi connectivity index (χ0v) is 9.91. The number of carbonyl (C=O) groups is 1. The quantitative estimate of drug-likeness (QED) is 0.877. The summed E-state index contributed by atoms with van der Waals surface area (Å²) in [4.78, 5) is 11.2. The number of benzene rings is 2. The van der Waals surface area contributed by atoms with E-state index in [4.69, 9.17) is 22.4 Å². The van der Waals surface area contributed by atoms with Crippen molar-refractivity contribution in [3.8, 4) is 16.9 Å². The number of phenols is 1. The SMILES string of the molecule is NC(=O)c1cc(-c2ccc(O)c(F)c2)ccc1Cl. The molecule has 0 spiro atoms. The third-order valence-corrected chi connectivity index (χ3v) is 2.84. The second-order valence-electron chi connectivity index (χ2n) is 3.73. The van der Waals surface area contributed by atoms with Gasteiger partial charge in [-0.2, -0.15) is 0 Å². The summed E-state index contributed by atoms with van der Waals surface area (Å²) in [6, 6.07) is 8.58. The van der Waals surface area contributed by atoms with Crippen LogP contribution in [0.15, 0.2) is 36.4 Å². The fourth-order valence-electron chi connectivity index (χ4n) is 1.58. The Kier molecular flexibility index (Phi) is 3.21. The van der Waals surface area contributed by atoms with E-state index < -0.39 is 17.5 Å². The van der Waals surface area contributed by atoms with Gasteiger partial charge in [-0.25, -0.2) is 4.39 Å². The molecule has 0 atom stereocenters. The summed E-state index contributed by atoms with van der Waals surface area (Å²) in [6.45, 7) is 0. The number of nitrogens with two attached hydrogens (primary N) is 1. The lowest BCUT2D eigenvalue weighted by molar-refractivity contribution is 0.100. The first kappa shape index (κ1) is 12.4. The molecule has 0 aliphatic rings. The van der Waals surface area contributed by atoms with Crippen LogP contribution in [0.3, 0.4) is 0 Å². The summed E-state index contributed by atoms with van der Waals surface area (Å²) in [5.74, 6) is -1.81. The Morgan fingerprint density at radius 3 is 2.39 bits per heavy atom. The molecule has 2 rings (SSSR count). The molecule has 0 bridgehead atoms. The minimum atomic E-state index is -0.733. The summed E-state index contributed by atoms with van der Waals surface area (Å²) < 4.78 is 13.2. The highest BCUT2D eigenvalue weighted by atomic mass is 35.5. The molecule has 0 saturated heterocycles. The molecule has 3 nitrogen and oxygen atoms in total. The van der Waals surface area contributed by atoms with Crippen molar-refractivity contribution < 1.29 is 14.3 Å². The molecule has 0 unspecified atom stereocenters. The number of phenolic OH excluding ortho intramolecular Hbond substituents is 1. The molecule has 2 aromatic carbocycles. The van der Waals surface area contributed by atoms with E-state index in [1.165, 1.54) is 30.3 Å². The van der Waals surface area contributed by atoms with Gasteiger partial charge in [-0.3, -0.25) is 4.79 Å². The van der Waals surface area contributed by atoms with Gasteiger partial charge in [0.15, 0.2) is 11.6 Å². The van der Waals surface area contributed by atoms with Gasteiger partial charge < -0.3 is 10.8 Å². The summed E-state index contributed by atoms with van der Waals surface area (Å²) in [6.07, 6.45) is 0. The molecule has 0 aliphatic heterocycles. The Morgan fingerprint density at radius 1 is 1.17 bits per heavy atom. The van der Waals surface area contributed by atoms with Crippen molar-refractivity contribution in [2.24, 2.45) is 5.73 Å². The molecule has 0 aliphatic carbocycles. The maximum Gasteiger partial charge on any atom is 0.250 e. The molecule has 5 heteroatoms. The molecular weight excluding hydrogens is 257 g/mol. The normalized spacial score (nSPS) is 10.3. The van der Waals surface area contributed by atoms with E-state index >= 15 is 0 Å². The Balaban J connectivity index is 2.54. The maximum atomic E-state index is 13.2. The van der Waals surface area contributed by atoms with Crippen molar-refractivity contribution in [1.82, 2.24) is 0 Å². The van der Waals surface area contributed by atoms with E-state index in [1.807, 2.05) is 0 Å². The fraction of sp³-hybridized carbons (Fsp3) is 0. The molecule has 92 valence electrons. The lowest BCUT2D eigenvalue weighted by Crippen LogP contribution is -2.11. The van der Waals surface area contributed by atoms with Gasteiger partial charge in [-0.15, -0.1) is 0 Å². The van der Waals surface area contributed by atoms with Crippen LogP contribution in [0.4, 0.5) is 4.39 Å². The van der Waals surface area contributed by atoms with E-state index in [9.17, 15) is 9.18 Å². The van der Waals surface area contributed by atoms with Gasteiger partial charge >= 0.3 is 0 Å². The zero-order chi connectivity index (χ0) is 13.3. The Morgan fingerprint density at radius 2 is 1.78 bits per heavy atom. The summed E-state index contributed by atoms with van der Waals surface area (Å²) in [7, 11) is 0. The van der Waals surface area contributed by atoms with Crippen LogP contribution in [-0.2, 0) is 0 Å². The lowest BCUT2D eigenvalue weighted by Gasteiger charge is -2.06. The van der Waals surface area contributed by atoms with Crippen molar-refractivity contribution in [3.05, 3.63) is 52.8 Å². The second-order valence-corrected chi connectivity index (χ2v) is 4.13. The van der Waals surface area contributed by atoms with Crippen molar-refractivity contribution in [2.75, 3.05) is 0 Å². The molecule has 0 radical (unpaired) electrons. The van der Waals surface area contributed by atoms with Crippen LogP contribution in [0.2, 0.25) is 5.02 Å². The second kappa shape index (κ2) is 4.66.